The molecule has 5 nitrogen and oxygen atoms in total. The maximum atomic E-state index is 8.91. The van der Waals surface area contributed by atoms with E-state index in [2.05, 4.69) is 45.5 Å². The first kappa shape index (κ1) is 18.3. The van der Waals surface area contributed by atoms with Gasteiger partial charge in [0, 0.05) is 49.0 Å². The molecule has 4 rings (SSSR count). The highest BCUT2D eigenvalue weighted by atomic mass is 16.5. The maximum absolute atomic E-state index is 8.91. The number of ether oxygens (including phenoxy) is 1. The van der Waals surface area contributed by atoms with Gasteiger partial charge in [-0.15, -0.1) is 0 Å². The fourth-order valence-electron chi connectivity index (χ4n) is 3.78. The van der Waals surface area contributed by atoms with Crippen LogP contribution in [-0.2, 0) is 6.54 Å². The lowest BCUT2D eigenvalue weighted by atomic mass is 10.0. The molecule has 0 saturated carbocycles. The zero-order chi connectivity index (χ0) is 19.3. The monoisotopic (exact) mass is 372 g/mol. The summed E-state index contributed by atoms with van der Waals surface area (Å²) in [4.78, 5) is 6.95. The van der Waals surface area contributed by atoms with Crippen molar-refractivity contribution >= 4 is 16.6 Å². The molecule has 0 aliphatic carbocycles. The Bertz CT molecular complexity index is 986. The van der Waals surface area contributed by atoms with Gasteiger partial charge in [0.1, 0.15) is 5.75 Å². The van der Waals surface area contributed by atoms with Crippen LogP contribution in [-0.4, -0.2) is 36.1 Å². The molecular formula is C23H24N4O. The Hall–Kier alpha value is -3.10. The summed E-state index contributed by atoms with van der Waals surface area (Å²) in [7, 11) is 1.68. The molecule has 1 saturated heterocycles. The third-order valence-electron chi connectivity index (χ3n) is 5.39. The molecule has 28 heavy (non-hydrogen) atoms. The van der Waals surface area contributed by atoms with Gasteiger partial charge in [0.15, 0.2) is 0 Å². The van der Waals surface area contributed by atoms with Crippen LogP contribution in [0.25, 0.3) is 10.9 Å². The summed E-state index contributed by atoms with van der Waals surface area (Å²) in [5.41, 5.74) is 4.06. The van der Waals surface area contributed by atoms with Gasteiger partial charge in [-0.25, -0.2) is 0 Å². The predicted molar refractivity (Wildman–Crippen MR) is 111 cm³/mol. The second-order valence-corrected chi connectivity index (χ2v) is 7.25. The minimum atomic E-state index is 0.463. The van der Waals surface area contributed by atoms with Crippen molar-refractivity contribution in [3.63, 3.8) is 0 Å². The summed E-state index contributed by atoms with van der Waals surface area (Å²) in [5, 5.41) is 13.8. The van der Waals surface area contributed by atoms with Gasteiger partial charge < -0.3 is 10.1 Å². The normalized spacial score (nSPS) is 15.3. The second-order valence-electron chi connectivity index (χ2n) is 7.25. The number of pyridine rings is 1. The minimum absolute atomic E-state index is 0.463. The van der Waals surface area contributed by atoms with E-state index in [9.17, 15) is 0 Å². The maximum Gasteiger partial charge on any atom is 0.121 e. The van der Waals surface area contributed by atoms with Crippen LogP contribution >= 0.6 is 0 Å². The van der Waals surface area contributed by atoms with E-state index >= 15 is 0 Å². The van der Waals surface area contributed by atoms with Gasteiger partial charge in [-0.1, -0.05) is 12.1 Å². The average molecular weight is 372 g/mol. The number of nitriles is 1. The highest BCUT2D eigenvalue weighted by Gasteiger charge is 2.19. The van der Waals surface area contributed by atoms with E-state index < -0.39 is 0 Å². The standard InChI is InChI=1S/C23H24N4O/c1-28-20-6-7-21-22(8-11-25-23(21)14-20)26-19-9-12-27(13-10-19)16-18-4-2-17(15-24)3-5-18/h2-8,11,14,19H,9-10,12-13,16H2,1H3,(H,25,26). The van der Waals surface area contributed by atoms with Crippen LogP contribution in [0.1, 0.15) is 24.0 Å². The summed E-state index contributed by atoms with van der Waals surface area (Å²) in [5.74, 6) is 0.827. The lowest BCUT2D eigenvalue weighted by Crippen LogP contribution is -2.38. The largest absolute Gasteiger partial charge is 0.497 e. The van der Waals surface area contributed by atoms with Crippen LogP contribution < -0.4 is 10.1 Å². The number of rotatable bonds is 5. The number of methoxy groups -OCH3 is 1. The van der Waals surface area contributed by atoms with Crippen molar-refractivity contribution in [1.29, 1.82) is 5.26 Å². The first-order valence-corrected chi connectivity index (χ1v) is 9.66. The molecule has 0 atom stereocenters. The average Bonchev–Trinajstić information content (AvgIpc) is 2.75. The summed E-state index contributed by atoms with van der Waals surface area (Å²) < 4.78 is 5.30. The molecule has 0 spiro atoms. The van der Waals surface area contributed by atoms with Gasteiger partial charge in [0.2, 0.25) is 0 Å². The first-order valence-electron chi connectivity index (χ1n) is 9.66. The van der Waals surface area contributed by atoms with Gasteiger partial charge in [-0.3, -0.25) is 9.88 Å². The lowest BCUT2D eigenvalue weighted by molar-refractivity contribution is 0.211. The number of hydrogen-bond donors (Lipinski definition) is 1. The first-order chi connectivity index (χ1) is 13.7. The van der Waals surface area contributed by atoms with Crippen LogP contribution in [0.4, 0.5) is 5.69 Å². The van der Waals surface area contributed by atoms with Crippen molar-refractivity contribution in [3.05, 3.63) is 65.9 Å². The molecule has 0 bridgehead atoms. The van der Waals surface area contributed by atoms with Gasteiger partial charge in [0.25, 0.3) is 0 Å². The molecule has 1 aromatic heterocycles. The molecule has 142 valence electrons. The Labute approximate surface area is 165 Å². The third kappa shape index (κ3) is 4.08. The van der Waals surface area contributed by atoms with Crippen LogP contribution in [0.15, 0.2) is 54.7 Å². The number of likely N-dealkylation sites (tertiary alicyclic amines) is 1. The van der Waals surface area contributed by atoms with Crippen molar-refractivity contribution in [2.75, 3.05) is 25.5 Å². The van der Waals surface area contributed by atoms with Gasteiger partial charge in [-0.05, 0) is 48.7 Å². The lowest BCUT2D eigenvalue weighted by Gasteiger charge is -2.33. The van der Waals surface area contributed by atoms with E-state index in [1.54, 1.807) is 7.11 Å². The SMILES string of the molecule is COc1ccc2c(NC3CCN(Cc4ccc(C#N)cc4)CC3)ccnc2c1. The Morgan fingerprint density at radius 3 is 2.64 bits per heavy atom. The van der Waals surface area contributed by atoms with Crippen LogP contribution in [0, 0.1) is 11.3 Å². The second kappa shape index (κ2) is 8.28. The number of piperidine rings is 1. The van der Waals surface area contributed by atoms with Crippen molar-refractivity contribution < 1.29 is 4.74 Å². The number of nitrogens with one attached hydrogen (secondary N) is 1. The van der Waals surface area contributed by atoms with Crippen molar-refractivity contribution in [2.45, 2.75) is 25.4 Å². The molecule has 1 fully saturated rings. The number of anilines is 1. The quantitative estimate of drug-likeness (QED) is 0.728. The minimum Gasteiger partial charge on any atom is -0.497 e. The highest BCUT2D eigenvalue weighted by molar-refractivity contribution is 5.91. The fraction of sp³-hybridized carbons (Fsp3) is 0.304. The summed E-state index contributed by atoms with van der Waals surface area (Å²) in [6, 6.07) is 18.6. The zero-order valence-corrected chi connectivity index (χ0v) is 16.1. The molecule has 2 aromatic carbocycles. The summed E-state index contributed by atoms with van der Waals surface area (Å²) in [6.07, 6.45) is 4.07. The fourth-order valence-corrected chi connectivity index (χ4v) is 3.78. The van der Waals surface area contributed by atoms with E-state index in [1.807, 2.05) is 30.5 Å². The molecule has 0 radical (unpaired) electrons. The Morgan fingerprint density at radius 2 is 1.93 bits per heavy atom. The van der Waals surface area contributed by atoms with Crippen molar-refractivity contribution in [1.82, 2.24) is 9.88 Å². The smallest absolute Gasteiger partial charge is 0.121 e. The molecule has 1 N–H and O–H groups in total. The Morgan fingerprint density at radius 1 is 1.14 bits per heavy atom. The number of aromatic nitrogens is 1. The number of fused-ring (bicyclic) bond motifs is 1. The molecule has 1 aliphatic heterocycles. The van der Waals surface area contributed by atoms with E-state index in [-0.39, 0.29) is 0 Å². The van der Waals surface area contributed by atoms with Crippen molar-refractivity contribution in [3.8, 4) is 11.8 Å². The predicted octanol–water partition coefficient (Wildman–Crippen LogP) is 4.19. The zero-order valence-electron chi connectivity index (χ0n) is 16.1. The topological polar surface area (TPSA) is 61.2 Å². The van der Waals surface area contributed by atoms with E-state index in [0.29, 0.717) is 11.6 Å². The summed E-state index contributed by atoms with van der Waals surface area (Å²) in [6.45, 7) is 3.07. The van der Waals surface area contributed by atoms with Gasteiger partial charge in [-0.2, -0.15) is 5.26 Å². The summed E-state index contributed by atoms with van der Waals surface area (Å²) >= 11 is 0. The number of benzene rings is 2. The highest BCUT2D eigenvalue weighted by Crippen LogP contribution is 2.27. The van der Waals surface area contributed by atoms with Crippen LogP contribution in [0.2, 0.25) is 0 Å². The van der Waals surface area contributed by atoms with Crippen molar-refractivity contribution in [2.24, 2.45) is 0 Å². The van der Waals surface area contributed by atoms with Crippen LogP contribution in [0.3, 0.4) is 0 Å². The third-order valence-corrected chi connectivity index (χ3v) is 5.39. The van der Waals surface area contributed by atoms with Crippen LogP contribution in [0.5, 0.6) is 5.75 Å². The van der Waals surface area contributed by atoms with E-state index in [1.165, 1.54) is 5.56 Å². The molecular weight excluding hydrogens is 348 g/mol. The molecule has 2 heterocycles. The van der Waals surface area contributed by atoms with E-state index in [4.69, 9.17) is 10.00 Å². The molecule has 0 unspecified atom stereocenters. The molecule has 0 amide bonds. The van der Waals surface area contributed by atoms with E-state index in [0.717, 1.165) is 54.8 Å². The number of nitrogens with zero attached hydrogens (tertiary/aromatic N) is 3. The van der Waals surface area contributed by atoms with Gasteiger partial charge in [0.05, 0.1) is 24.3 Å². The molecule has 5 heteroatoms. The molecule has 3 aromatic rings. The number of hydrogen-bond acceptors (Lipinski definition) is 5. The Kier molecular flexibility index (Phi) is 5.41. The van der Waals surface area contributed by atoms with Gasteiger partial charge >= 0.3 is 0 Å². The molecule has 1 aliphatic rings. The Balaban J connectivity index is 1.36.